The van der Waals surface area contributed by atoms with E-state index in [0.717, 1.165) is 0 Å². The number of nitrogens with zero attached hydrogens (tertiary/aromatic N) is 2. The van der Waals surface area contributed by atoms with Crippen LogP contribution in [0.15, 0.2) is 0 Å². The minimum absolute atomic E-state index is 0.0453. The van der Waals surface area contributed by atoms with Gasteiger partial charge in [-0.05, 0) is 53.9 Å². The van der Waals surface area contributed by atoms with Gasteiger partial charge in [-0.25, -0.2) is 13.2 Å². The Morgan fingerprint density at radius 2 is 1.73 bits per heavy atom. The second kappa shape index (κ2) is 9.53. The highest BCUT2D eigenvalue weighted by Gasteiger charge is 2.37. The Bertz CT molecular complexity index is 752. The summed E-state index contributed by atoms with van der Waals surface area (Å²) in [5, 5.41) is 0. The lowest BCUT2D eigenvalue weighted by Gasteiger charge is -2.33. The van der Waals surface area contributed by atoms with Crippen molar-refractivity contribution in [2.45, 2.75) is 71.6 Å². The zero-order chi connectivity index (χ0) is 22.7. The Morgan fingerprint density at radius 3 is 2.20 bits per heavy atom. The maximum absolute atomic E-state index is 12.7. The predicted octanol–water partition coefficient (Wildman–Crippen LogP) is 1.60. The Hall–Kier alpha value is -1.84. The summed E-state index contributed by atoms with van der Waals surface area (Å²) in [4.78, 5) is 40.5. The lowest BCUT2D eigenvalue weighted by molar-refractivity contribution is -0.164. The summed E-state index contributed by atoms with van der Waals surface area (Å²) in [7, 11) is -3.12. The van der Waals surface area contributed by atoms with Crippen molar-refractivity contribution in [1.29, 1.82) is 0 Å². The topological polar surface area (TPSA) is 110 Å². The van der Waals surface area contributed by atoms with Crippen LogP contribution in [0.3, 0.4) is 0 Å². The zero-order valence-electron chi connectivity index (χ0n) is 18.5. The van der Waals surface area contributed by atoms with Gasteiger partial charge < -0.3 is 19.3 Å². The molecule has 0 N–H and O–H groups in total. The van der Waals surface area contributed by atoms with E-state index in [0.29, 0.717) is 38.9 Å². The van der Waals surface area contributed by atoms with Gasteiger partial charge in [0.1, 0.15) is 5.60 Å². The van der Waals surface area contributed by atoms with E-state index < -0.39 is 33.6 Å². The number of esters is 1. The molecule has 2 saturated heterocycles. The van der Waals surface area contributed by atoms with Crippen LogP contribution in [0, 0.1) is 5.92 Å². The highest BCUT2D eigenvalue weighted by molar-refractivity contribution is 7.91. The van der Waals surface area contributed by atoms with Crippen LogP contribution in [0.5, 0.6) is 0 Å². The minimum Gasteiger partial charge on any atom is -0.452 e. The first-order valence-corrected chi connectivity index (χ1v) is 12.3. The lowest BCUT2D eigenvalue weighted by atomic mass is 9.97. The fraction of sp³-hybridized carbons (Fsp3) is 0.850. The monoisotopic (exact) mass is 446 g/mol. The van der Waals surface area contributed by atoms with Gasteiger partial charge in [0.15, 0.2) is 15.9 Å². The van der Waals surface area contributed by atoms with Crippen molar-refractivity contribution in [3.05, 3.63) is 0 Å². The Kier molecular flexibility index (Phi) is 7.76. The summed E-state index contributed by atoms with van der Waals surface area (Å²) in [5.41, 5.74) is -0.577. The number of rotatable bonds is 5. The van der Waals surface area contributed by atoms with Gasteiger partial charge in [-0.2, -0.15) is 0 Å². The Balaban J connectivity index is 1.85. The molecule has 9 nitrogen and oxygen atoms in total. The smallest absolute Gasteiger partial charge is 0.410 e. The summed E-state index contributed by atoms with van der Waals surface area (Å²) in [6, 6.07) is -0.370. The van der Waals surface area contributed by atoms with Crippen LogP contribution in [0.2, 0.25) is 0 Å². The van der Waals surface area contributed by atoms with Crippen molar-refractivity contribution in [1.82, 2.24) is 9.80 Å². The van der Waals surface area contributed by atoms with E-state index in [9.17, 15) is 22.8 Å². The predicted molar refractivity (Wildman–Crippen MR) is 111 cm³/mol. The normalized spacial score (nSPS) is 23.0. The van der Waals surface area contributed by atoms with Crippen molar-refractivity contribution in [3.63, 3.8) is 0 Å². The van der Waals surface area contributed by atoms with Gasteiger partial charge in [-0.3, -0.25) is 9.59 Å². The molecule has 2 atom stereocenters. The number of likely N-dealkylation sites (N-methyl/N-ethyl adjacent to an activating group) is 1. The molecule has 10 heteroatoms. The maximum atomic E-state index is 12.7. The molecule has 0 spiro atoms. The van der Waals surface area contributed by atoms with Crippen LogP contribution in [-0.2, 0) is 28.9 Å². The molecule has 0 bridgehead atoms. The fourth-order valence-corrected chi connectivity index (χ4v) is 5.52. The molecule has 2 unspecified atom stereocenters. The van der Waals surface area contributed by atoms with Crippen LogP contribution in [0.1, 0.15) is 53.9 Å². The molecule has 0 aliphatic carbocycles. The van der Waals surface area contributed by atoms with Crippen LogP contribution in [0.25, 0.3) is 0 Å². The second-order valence-electron chi connectivity index (χ2n) is 9.00. The molecule has 0 aromatic rings. The number of hydrogen-bond acceptors (Lipinski definition) is 7. The second-order valence-corrected chi connectivity index (χ2v) is 11.2. The van der Waals surface area contributed by atoms with Gasteiger partial charge in [0.25, 0.3) is 5.91 Å². The van der Waals surface area contributed by atoms with Crippen molar-refractivity contribution in [3.8, 4) is 0 Å². The molecule has 0 saturated carbocycles. The van der Waals surface area contributed by atoms with E-state index in [2.05, 4.69) is 0 Å². The third-order valence-corrected chi connectivity index (χ3v) is 7.14. The molecule has 2 heterocycles. The van der Waals surface area contributed by atoms with E-state index in [1.165, 1.54) is 11.8 Å². The number of sulfone groups is 1. The average molecular weight is 447 g/mol. The Labute approximate surface area is 179 Å². The summed E-state index contributed by atoms with van der Waals surface area (Å²) in [5.74, 6) is -1.20. The van der Waals surface area contributed by atoms with Gasteiger partial charge in [-0.1, -0.05) is 0 Å². The van der Waals surface area contributed by atoms with Gasteiger partial charge in [0, 0.05) is 25.7 Å². The van der Waals surface area contributed by atoms with Crippen molar-refractivity contribution in [2.24, 2.45) is 5.92 Å². The third-order valence-electron chi connectivity index (χ3n) is 5.39. The summed E-state index contributed by atoms with van der Waals surface area (Å²) < 4.78 is 34.2. The molecule has 172 valence electrons. The first-order chi connectivity index (χ1) is 13.8. The number of hydrogen-bond donors (Lipinski definition) is 0. The Morgan fingerprint density at radius 1 is 1.13 bits per heavy atom. The highest BCUT2D eigenvalue weighted by atomic mass is 32.2. The molecular weight excluding hydrogens is 412 g/mol. The fourth-order valence-electron chi connectivity index (χ4n) is 3.79. The van der Waals surface area contributed by atoms with Crippen LogP contribution in [-0.4, -0.2) is 85.1 Å². The molecule has 0 aromatic carbocycles. The molecule has 2 aliphatic heterocycles. The standard InChI is InChI=1S/C20H34N2O7S/c1-6-22(16-9-12-30(26,27)13-16)17(23)14(2)28-18(24)15-7-10-21(11-8-15)19(25)29-20(3,4)5/h14-16H,6-13H2,1-5H3. The molecule has 2 amide bonds. The maximum Gasteiger partial charge on any atom is 0.410 e. The third kappa shape index (κ3) is 6.58. The average Bonchev–Trinajstić information content (AvgIpc) is 3.00. The number of carbonyl (C=O) groups is 3. The molecule has 2 fully saturated rings. The van der Waals surface area contributed by atoms with E-state index in [-0.39, 0.29) is 29.4 Å². The summed E-state index contributed by atoms with van der Waals surface area (Å²) in [6.45, 7) is 9.83. The number of ether oxygens (including phenoxy) is 2. The van der Waals surface area contributed by atoms with Crippen LogP contribution >= 0.6 is 0 Å². The molecule has 30 heavy (non-hydrogen) atoms. The lowest BCUT2D eigenvalue weighted by Crippen LogP contribution is -2.47. The SMILES string of the molecule is CCN(C(=O)C(C)OC(=O)C1CCN(C(=O)OC(C)(C)C)CC1)C1CCS(=O)(=O)C1. The van der Waals surface area contributed by atoms with Gasteiger partial charge in [0.05, 0.1) is 17.4 Å². The van der Waals surface area contributed by atoms with E-state index in [1.807, 2.05) is 0 Å². The van der Waals surface area contributed by atoms with Crippen molar-refractivity contribution >= 4 is 27.8 Å². The molecule has 2 aliphatic rings. The molecule has 2 rings (SSSR count). The summed E-state index contributed by atoms with van der Waals surface area (Å²) >= 11 is 0. The largest absolute Gasteiger partial charge is 0.452 e. The van der Waals surface area contributed by atoms with Crippen LogP contribution < -0.4 is 0 Å². The molecular formula is C20H34N2O7S. The van der Waals surface area contributed by atoms with E-state index in [1.54, 1.807) is 32.6 Å². The minimum atomic E-state index is -3.12. The number of amides is 2. The van der Waals surface area contributed by atoms with E-state index in [4.69, 9.17) is 9.47 Å². The van der Waals surface area contributed by atoms with Gasteiger partial charge in [0.2, 0.25) is 0 Å². The van der Waals surface area contributed by atoms with Gasteiger partial charge in [-0.15, -0.1) is 0 Å². The highest BCUT2D eigenvalue weighted by Crippen LogP contribution is 2.23. The quantitative estimate of drug-likeness (QED) is 0.590. The van der Waals surface area contributed by atoms with Crippen molar-refractivity contribution < 1.29 is 32.3 Å². The van der Waals surface area contributed by atoms with Crippen LogP contribution in [0.4, 0.5) is 4.79 Å². The summed E-state index contributed by atoms with van der Waals surface area (Å²) in [6.07, 6.45) is -0.0898. The number of carbonyl (C=O) groups excluding carboxylic acids is 3. The molecule has 0 aromatic heterocycles. The first-order valence-electron chi connectivity index (χ1n) is 10.5. The van der Waals surface area contributed by atoms with Crippen molar-refractivity contribution in [2.75, 3.05) is 31.1 Å². The molecule has 0 radical (unpaired) electrons. The van der Waals surface area contributed by atoms with Gasteiger partial charge >= 0.3 is 12.1 Å². The zero-order valence-corrected chi connectivity index (χ0v) is 19.4. The number of piperidine rings is 1. The van der Waals surface area contributed by atoms with E-state index >= 15 is 0 Å². The first kappa shape index (κ1) is 24.4. The number of likely N-dealkylation sites (tertiary alicyclic amines) is 1.